The Labute approximate surface area is 272 Å². The zero-order valence-corrected chi connectivity index (χ0v) is 27.6. The van der Waals surface area contributed by atoms with Gasteiger partial charge in [-0.1, -0.05) is 55.5 Å². The molecule has 2 aliphatic rings. The van der Waals surface area contributed by atoms with Crippen molar-refractivity contribution in [2.75, 3.05) is 38.2 Å². The lowest BCUT2D eigenvalue weighted by atomic mass is 10.0. The molecule has 2 aliphatic heterocycles. The molecule has 250 valence electrons. The number of amides is 2. The van der Waals surface area contributed by atoms with E-state index >= 15 is 0 Å². The number of sulfonamides is 1. The summed E-state index contributed by atoms with van der Waals surface area (Å²) in [6.45, 7) is 6.26. The average molecular weight is 677 g/mol. The number of thiazole rings is 1. The van der Waals surface area contributed by atoms with Crippen molar-refractivity contribution < 1.29 is 42.1 Å². The van der Waals surface area contributed by atoms with Crippen molar-refractivity contribution >= 4 is 48.9 Å². The maximum Gasteiger partial charge on any atom is 0.413 e. The van der Waals surface area contributed by atoms with Crippen LogP contribution in [0.4, 0.5) is 14.7 Å². The number of hydrogen-bond acceptors (Lipinski definition) is 11. The molecular formula is C31H40N4O9S2. The van der Waals surface area contributed by atoms with E-state index < -0.39 is 40.5 Å². The van der Waals surface area contributed by atoms with Crippen LogP contribution in [0.1, 0.15) is 32.8 Å². The summed E-state index contributed by atoms with van der Waals surface area (Å²) in [5.74, 6) is -0.119. The first-order valence-corrected chi connectivity index (χ1v) is 17.6. The van der Waals surface area contributed by atoms with E-state index in [1.807, 2.05) is 44.2 Å². The lowest BCUT2D eigenvalue weighted by Crippen LogP contribution is -2.51. The maximum atomic E-state index is 14.0. The number of alkyl carbamates (subject to hydrolysis) is 1. The summed E-state index contributed by atoms with van der Waals surface area (Å²) in [6.07, 6.45) is -2.55. The number of carbonyl (C=O) groups is 2. The van der Waals surface area contributed by atoms with Crippen LogP contribution in [0.2, 0.25) is 0 Å². The molecule has 1 aromatic heterocycles. The van der Waals surface area contributed by atoms with Crippen LogP contribution in [0.3, 0.4) is 0 Å². The molecule has 2 aromatic carbocycles. The van der Waals surface area contributed by atoms with Crippen LogP contribution in [0.5, 0.6) is 0 Å². The Kier molecular flexibility index (Phi) is 11.1. The van der Waals surface area contributed by atoms with Gasteiger partial charge in [0.25, 0.3) is 0 Å². The smallest absolute Gasteiger partial charge is 0.413 e. The fourth-order valence-electron chi connectivity index (χ4n) is 5.56. The number of aliphatic hydroxyl groups excluding tert-OH is 1. The van der Waals surface area contributed by atoms with Gasteiger partial charge in [-0.3, -0.25) is 5.32 Å². The molecule has 0 spiro atoms. The number of nitrogens with one attached hydrogen (secondary N) is 2. The molecule has 2 fully saturated rings. The zero-order valence-electron chi connectivity index (χ0n) is 26.0. The summed E-state index contributed by atoms with van der Waals surface area (Å²) in [4.78, 5) is 29.3. The van der Waals surface area contributed by atoms with E-state index in [2.05, 4.69) is 15.6 Å². The van der Waals surface area contributed by atoms with Crippen molar-refractivity contribution in [3.8, 4) is 0 Å². The van der Waals surface area contributed by atoms with Gasteiger partial charge in [0.2, 0.25) is 10.0 Å². The highest BCUT2D eigenvalue weighted by atomic mass is 32.2. The molecule has 0 aliphatic carbocycles. The number of aromatic nitrogens is 1. The molecule has 13 nitrogen and oxygen atoms in total. The number of hydrogen-bond donors (Lipinski definition) is 3. The monoisotopic (exact) mass is 676 g/mol. The predicted octanol–water partition coefficient (Wildman–Crippen LogP) is 3.97. The second-order valence-electron chi connectivity index (χ2n) is 11.7. The van der Waals surface area contributed by atoms with Crippen LogP contribution in [-0.2, 0) is 35.4 Å². The Hall–Kier alpha value is -3.34. The SMILES string of the molecule is CCOC(=O)Nc1nc2ccc(S(=O)(=O)N(CC(C)C)CC(O)C(Cc3ccccc3)NC(=O)OC3COC4OCCC34)cc2s1. The van der Waals surface area contributed by atoms with Gasteiger partial charge < -0.3 is 29.4 Å². The van der Waals surface area contributed by atoms with Crippen molar-refractivity contribution in [3.63, 3.8) is 0 Å². The normalized spacial score (nSPS) is 20.9. The summed E-state index contributed by atoms with van der Waals surface area (Å²) in [7, 11) is -4.10. The molecule has 2 amide bonds. The molecule has 0 bridgehead atoms. The fourth-order valence-corrected chi connectivity index (χ4v) is 8.17. The van der Waals surface area contributed by atoms with Gasteiger partial charge in [0.1, 0.15) is 6.10 Å². The van der Waals surface area contributed by atoms with E-state index in [4.69, 9.17) is 18.9 Å². The topological polar surface area (TPSA) is 166 Å². The standard InChI is InChI=1S/C31H40N4O9S2/c1-4-41-30(37)34-29-32-23-11-10-21(15-27(23)45-29)46(39,40)35(16-19(2)3)17-25(36)24(14-20-8-6-5-7-9-20)33-31(38)44-26-18-43-28-22(26)12-13-42-28/h5-11,15,19,22,24-26,28,36H,4,12-14,16-18H2,1-3H3,(H,33,38)(H,32,34,37). The van der Waals surface area contributed by atoms with Gasteiger partial charge in [0, 0.05) is 13.1 Å². The van der Waals surface area contributed by atoms with E-state index in [0.29, 0.717) is 16.8 Å². The summed E-state index contributed by atoms with van der Waals surface area (Å²) in [5.41, 5.74) is 1.36. The third-order valence-electron chi connectivity index (χ3n) is 7.75. The van der Waals surface area contributed by atoms with Crippen molar-refractivity contribution in [1.82, 2.24) is 14.6 Å². The zero-order chi connectivity index (χ0) is 32.8. The van der Waals surface area contributed by atoms with Gasteiger partial charge >= 0.3 is 12.2 Å². The largest absolute Gasteiger partial charge is 0.450 e. The van der Waals surface area contributed by atoms with Crippen LogP contribution < -0.4 is 10.6 Å². The number of benzene rings is 2. The van der Waals surface area contributed by atoms with Crippen molar-refractivity contribution in [1.29, 1.82) is 0 Å². The lowest BCUT2D eigenvalue weighted by molar-refractivity contribution is -0.0907. The van der Waals surface area contributed by atoms with Gasteiger partial charge in [0.05, 0.1) is 53.0 Å². The number of ether oxygens (including phenoxy) is 4. The maximum absolute atomic E-state index is 14.0. The first-order valence-electron chi connectivity index (χ1n) is 15.3. The number of carbonyl (C=O) groups excluding carboxylic acids is 2. The molecule has 46 heavy (non-hydrogen) atoms. The highest BCUT2D eigenvalue weighted by molar-refractivity contribution is 7.89. The molecule has 3 N–H and O–H groups in total. The predicted molar refractivity (Wildman–Crippen MR) is 171 cm³/mol. The van der Waals surface area contributed by atoms with Crippen LogP contribution in [-0.4, -0.2) is 92.4 Å². The molecular weight excluding hydrogens is 636 g/mol. The van der Waals surface area contributed by atoms with E-state index in [1.54, 1.807) is 13.0 Å². The second kappa shape index (κ2) is 15.0. The average Bonchev–Trinajstić information content (AvgIpc) is 3.73. The Morgan fingerprint density at radius 2 is 1.91 bits per heavy atom. The quantitative estimate of drug-likeness (QED) is 0.241. The van der Waals surface area contributed by atoms with Gasteiger partial charge in [0.15, 0.2) is 11.4 Å². The fraction of sp³-hybridized carbons (Fsp3) is 0.516. The minimum absolute atomic E-state index is 0.0146. The number of rotatable bonds is 13. The van der Waals surface area contributed by atoms with Crippen LogP contribution >= 0.6 is 11.3 Å². The Balaban J connectivity index is 1.34. The molecule has 0 radical (unpaired) electrons. The molecule has 5 rings (SSSR count). The van der Waals surface area contributed by atoms with Gasteiger partial charge in [-0.05, 0) is 49.4 Å². The third kappa shape index (κ3) is 8.32. The number of fused-ring (bicyclic) bond motifs is 2. The number of aliphatic hydroxyl groups is 1. The Bertz CT molecular complexity index is 1600. The first kappa shape index (κ1) is 34.0. The second-order valence-corrected chi connectivity index (χ2v) is 14.7. The van der Waals surface area contributed by atoms with Crippen LogP contribution in [0, 0.1) is 11.8 Å². The first-order chi connectivity index (χ1) is 22.0. The van der Waals surface area contributed by atoms with Crippen molar-refractivity contribution in [2.45, 2.75) is 63.0 Å². The molecule has 3 aromatic rings. The third-order valence-corrected chi connectivity index (χ3v) is 10.5. The Morgan fingerprint density at radius 3 is 2.65 bits per heavy atom. The highest BCUT2D eigenvalue weighted by Crippen LogP contribution is 2.33. The van der Waals surface area contributed by atoms with E-state index in [1.165, 1.54) is 16.4 Å². The molecule has 3 heterocycles. The lowest BCUT2D eigenvalue weighted by Gasteiger charge is -2.31. The summed E-state index contributed by atoms with van der Waals surface area (Å²) >= 11 is 1.12. The van der Waals surface area contributed by atoms with Gasteiger partial charge in [-0.2, -0.15) is 4.31 Å². The molecule has 5 atom stereocenters. The molecule has 0 saturated carbocycles. The Morgan fingerprint density at radius 1 is 1.13 bits per heavy atom. The van der Waals surface area contributed by atoms with E-state index in [-0.39, 0.29) is 60.9 Å². The summed E-state index contributed by atoms with van der Waals surface area (Å²) in [5, 5.41) is 17.2. The van der Waals surface area contributed by atoms with Crippen molar-refractivity contribution in [2.24, 2.45) is 11.8 Å². The van der Waals surface area contributed by atoms with Crippen molar-refractivity contribution in [3.05, 3.63) is 54.1 Å². The van der Waals surface area contributed by atoms with Crippen LogP contribution in [0.15, 0.2) is 53.4 Å². The number of anilines is 1. The van der Waals surface area contributed by atoms with E-state index in [0.717, 1.165) is 23.3 Å². The molecule has 15 heteroatoms. The van der Waals surface area contributed by atoms with Crippen LogP contribution in [0.25, 0.3) is 10.2 Å². The van der Waals surface area contributed by atoms with E-state index in [9.17, 15) is 23.1 Å². The highest BCUT2D eigenvalue weighted by Gasteiger charge is 2.44. The summed E-state index contributed by atoms with van der Waals surface area (Å²) < 4.78 is 51.5. The molecule has 5 unspecified atom stereocenters. The van der Waals surface area contributed by atoms with Gasteiger partial charge in [-0.25, -0.2) is 23.0 Å². The molecule has 2 saturated heterocycles. The summed E-state index contributed by atoms with van der Waals surface area (Å²) in [6, 6.07) is 13.0. The van der Waals surface area contributed by atoms with Gasteiger partial charge in [-0.15, -0.1) is 0 Å². The minimum Gasteiger partial charge on any atom is -0.450 e. The number of nitrogens with zero attached hydrogens (tertiary/aromatic N) is 2. The minimum atomic E-state index is -4.10.